The number of hydrogen-bond acceptors (Lipinski definition) is 12. The molecule has 0 radical (unpaired) electrons. The second kappa shape index (κ2) is 14.3. The molecule has 8 rings (SSSR count). The summed E-state index contributed by atoms with van der Waals surface area (Å²) in [5.74, 6) is 4.16. The fourth-order valence-electron chi connectivity index (χ4n) is 12.2. The minimum atomic E-state index is -1.36. The lowest BCUT2D eigenvalue weighted by molar-refractivity contribution is -0.272. The average molecular weight is 734 g/mol. The van der Waals surface area contributed by atoms with E-state index in [-0.39, 0.29) is 17.3 Å². The van der Waals surface area contributed by atoms with Crippen LogP contribution in [0.1, 0.15) is 91.9 Å². The van der Waals surface area contributed by atoms with Crippen molar-refractivity contribution in [3.05, 3.63) is 23.5 Å². The fourth-order valence-corrected chi connectivity index (χ4v) is 13.3. The van der Waals surface area contributed by atoms with Crippen molar-refractivity contribution >= 4 is 11.8 Å². The summed E-state index contributed by atoms with van der Waals surface area (Å²) < 4.78 is 25.6. The molecule has 0 aromatic carbocycles. The van der Waals surface area contributed by atoms with E-state index in [4.69, 9.17) is 18.9 Å². The van der Waals surface area contributed by atoms with Crippen molar-refractivity contribution in [2.45, 2.75) is 140 Å². The van der Waals surface area contributed by atoms with Gasteiger partial charge in [0.1, 0.15) is 29.9 Å². The molecule has 4 heterocycles. The molecule has 51 heavy (non-hydrogen) atoms. The van der Waals surface area contributed by atoms with Crippen LogP contribution >= 0.6 is 11.8 Å². The predicted molar refractivity (Wildman–Crippen MR) is 193 cm³/mol. The summed E-state index contributed by atoms with van der Waals surface area (Å²) in [7, 11) is 0. The van der Waals surface area contributed by atoms with Crippen LogP contribution in [0.25, 0.3) is 0 Å². The van der Waals surface area contributed by atoms with Gasteiger partial charge in [0.15, 0.2) is 5.79 Å². The Balaban J connectivity index is 0.801. The standard InChI is InChI=1S/C39H63N3O8S/c1-22-8-13-39(48-20-22)23(2)32-30(50-39)17-29-27-7-6-24-16-26(9-11-37(24,3)28(27)10-12-38(29,32)4)47-15-5-14-42-18-25(40-41-42)21-51-36-35(46)34(45)33(44)31(19-43)49-36/h6,18,22-23,26-36,40-41,43-46H,5,7-17,19-21H2,1-4H3/t22?,23-,26-,27+,28-,29-,30-,31+,32-,33-,34-,35+,36-,37-,38-,39+/m0/s1. The molecule has 11 nitrogen and oxygen atoms in total. The maximum Gasteiger partial charge on any atom is 0.171 e. The highest BCUT2D eigenvalue weighted by molar-refractivity contribution is 8.00. The molecule has 0 amide bonds. The van der Waals surface area contributed by atoms with Gasteiger partial charge in [0.05, 0.1) is 31.1 Å². The van der Waals surface area contributed by atoms with Gasteiger partial charge in [0.2, 0.25) is 0 Å². The van der Waals surface area contributed by atoms with Crippen LogP contribution < -0.4 is 11.0 Å². The summed E-state index contributed by atoms with van der Waals surface area (Å²) in [5, 5.41) is 41.8. The number of hydrazine groups is 2. The summed E-state index contributed by atoms with van der Waals surface area (Å²) >= 11 is 1.31. The van der Waals surface area contributed by atoms with Crippen LogP contribution in [0.3, 0.4) is 0 Å². The smallest absolute Gasteiger partial charge is 0.171 e. The van der Waals surface area contributed by atoms with Crippen LogP contribution in [0.5, 0.6) is 0 Å². The van der Waals surface area contributed by atoms with Crippen LogP contribution in [0.2, 0.25) is 0 Å². The predicted octanol–water partition coefficient (Wildman–Crippen LogP) is 3.83. The Morgan fingerprint density at radius 2 is 1.88 bits per heavy atom. The van der Waals surface area contributed by atoms with Crippen LogP contribution in [-0.2, 0) is 18.9 Å². The van der Waals surface area contributed by atoms with Crippen molar-refractivity contribution in [3.63, 3.8) is 0 Å². The van der Waals surface area contributed by atoms with Gasteiger partial charge in [-0.15, -0.1) is 17.3 Å². The zero-order valence-electron chi connectivity index (χ0n) is 31.0. The van der Waals surface area contributed by atoms with Crippen molar-refractivity contribution in [1.82, 2.24) is 16.0 Å². The van der Waals surface area contributed by atoms with Gasteiger partial charge < -0.3 is 44.8 Å². The van der Waals surface area contributed by atoms with Gasteiger partial charge in [0.25, 0.3) is 0 Å². The lowest BCUT2D eigenvalue weighted by Crippen LogP contribution is -2.57. The largest absolute Gasteiger partial charge is 0.394 e. The Kier molecular flexibility index (Phi) is 10.4. The van der Waals surface area contributed by atoms with Gasteiger partial charge in [0, 0.05) is 37.4 Å². The zero-order valence-corrected chi connectivity index (χ0v) is 31.9. The van der Waals surface area contributed by atoms with Crippen molar-refractivity contribution in [3.8, 4) is 0 Å². The molecule has 1 unspecified atom stereocenters. The molecule has 0 bridgehead atoms. The molecule has 8 aliphatic rings. The first-order chi connectivity index (χ1) is 24.5. The lowest BCUT2D eigenvalue weighted by atomic mass is 9.47. The summed E-state index contributed by atoms with van der Waals surface area (Å²) in [5.41, 5.74) is 8.78. The highest BCUT2D eigenvalue weighted by Crippen LogP contribution is 2.70. The minimum absolute atomic E-state index is 0.287. The Morgan fingerprint density at radius 1 is 1.04 bits per heavy atom. The minimum Gasteiger partial charge on any atom is -0.394 e. The van der Waals surface area contributed by atoms with Gasteiger partial charge in [-0.2, -0.15) is 0 Å². The molecule has 4 aliphatic carbocycles. The topological polar surface area (TPSA) is 145 Å². The highest BCUT2D eigenvalue weighted by atomic mass is 32.2. The Bertz CT molecular complexity index is 1330. The molecule has 1 spiro atoms. The molecule has 4 aliphatic heterocycles. The summed E-state index contributed by atoms with van der Waals surface area (Å²) in [6, 6.07) is 0. The van der Waals surface area contributed by atoms with Crippen LogP contribution in [-0.4, -0.2) is 105 Å². The molecule has 3 saturated carbocycles. The quantitative estimate of drug-likeness (QED) is 0.151. The van der Waals surface area contributed by atoms with Crippen LogP contribution in [0.4, 0.5) is 0 Å². The number of hydrogen-bond donors (Lipinski definition) is 6. The third kappa shape index (κ3) is 6.43. The number of thioether (sulfide) groups is 1. The number of aliphatic hydroxyl groups is 4. The first-order valence-electron chi connectivity index (χ1n) is 20.0. The highest BCUT2D eigenvalue weighted by Gasteiger charge is 2.68. The van der Waals surface area contributed by atoms with E-state index in [1.54, 1.807) is 5.57 Å². The Hall–Kier alpha value is -0.930. The van der Waals surface area contributed by atoms with E-state index >= 15 is 0 Å². The molecule has 12 heteroatoms. The third-order valence-corrected chi connectivity index (χ3v) is 16.3. The second-order valence-corrected chi connectivity index (χ2v) is 19.0. The van der Waals surface area contributed by atoms with Crippen molar-refractivity contribution in [1.29, 1.82) is 0 Å². The molecule has 0 aromatic heterocycles. The van der Waals surface area contributed by atoms with E-state index in [0.29, 0.717) is 41.6 Å². The van der Waals surface area contributed by atoms with Crippen LogP contribution in [0.15, 0.2) is 23.5 Å². The van der Waals surface area contributed by atoms with Crippen LogP contribution in [0, 0.1) is 46.3 Å². The number of rotatable bonds is 9. The summed E-state index contributed by atoms with van der Waals surface area (Å²) in [4.78, 5) is 0. The monoisotopic (exact) mass is 733 g/mol. The number of nitrogens with one attached hydrogen (secondary N) is 2. The SMILES string of the molecule is CC1CC[C@@]2(OC1)O[C@H]1C[C@H]3[C@@H]4CC=C5C[C@@H](OCCCN6C=C(CS[C@@H]7O[C@H](CO)[C@H](O)[C@H](O)[C@H]7O)NN6)CC[C@]5(C)[C@H]4CC[C@]3(C)[C@H]1[C@@H]2C. The molecular weight excluding hydrogens is 671 g/mol. The van der Waals surface area contributed by atoms with E-state index in [2.05, 4.69) is 44.7 Å². The summed E-state index contributed by atoms with van der Waals surface area (Å²) in [6.07, 6.45) is 12.1. The number of fused-ring (bicyclic) bond motifs is 7. The van der Waals surface area contributed by atoms with E-state index in [1.165, 1.54) is 50.3 Å². The average Bonchev–Trinajstić information content (AvgIpc) is 3.78. The van der Waals surface area contributed by atoms with Crippen molar-refractivity contribution in [2.75, 3.05) is 32.1 Å². The van der Waals surface area contributed by atoms with Gasteiger partial charge in [-0.05, 0) is 98.2 Å². The number of ether oxygens (including phenoxy) is 4. The van der Waals surface area contributed by atoms with Crippen molar-refractivity contribution < 1.29 is 39.4 Å². The first kappa shape index (κ1) is 37.0. The number of aliphatic hydroxyl groups excluding tert-OH is 4. The van der Waals surface area contributed by atoms with Crippen molar-refractivity contribution in [2.24, 2.45) is 46.3 Å². The number of nitrogens with zero attached hydrogens (tertiary/aromatic N) is 1. The van der Waals surface area contributed by atoms with Gasteiger partial charge in [-0.3, -0.25) is 5.01 Å². The Morgan fingerprint density at radius 3 is 2.67 bits per heavy atom. The second-order valence-electron chi connectivity index (χ2n) is 18.0. The molecule has 0 aromatic rings. The molecule has 6 N–H and O–H groups in total. The lowest BCUT2D eigenvalue weighted by Gasteiger charge is -2.58. The van der Waals surface area contributed by atoms with E-state index in [9.17, 15) is 20.4 Å². The normalized spacial score (nSPS) is 50.6. The maximum absolute atomic E-state index is 10.3. The fraction of sp³-hybridized carbons (Fsp3) is 0.897. The first-order valence-corrected chi connectivity index (χ1v) is 21.0. The molecular formula is C39H63N3O8S. The molecule has 3 saturated heterocycles. The third-order valence-electron chi connectivity index (χ3n) is 15.1. The van der Waals surface area contributed by atoms with Gasteiger partial charge >= 0.3 is 0 Å². The zero-order chi connectivity index (χ0) is 35.7. The summed E-state index contributed by atoms with van der Waals surface area (Å²) in [6.45, 7) is 11.9. The van der Waals surface area contributed by atoms with E-state index in [0.717, 1.165) is 62.3 Å². The molecule has 6 fully saturated rings. The van der Waals surface area contributed by atoms with E-state index in [1.807, 2.05) is 11.2 Å². The van der Waals surface area contributed by atoms with E-state index < -0.39 is 36.5 Å². The maximum atomic E-state index is 10.3. The Labute approximate surface area is 308 Å². The van der Waals surface area contributed by atoms with Gasteiger partial charge in [-0.25, -0.2) is 0 Å². The number of allylic oxidation sites excluding steroid dienone is 1. The van der Waals surface area contributed by atoms with Gasteiger partial charge in [-0.1, -0.05) is 39.3 Å². The molecule has 16 atom stereocenters. The molecule has 288 valence electrons.